The molecule has 158 valence electrons. The average molecular weight is 434 g/mol. The quantitative estimate of drug-likeness (QED) is 0.265. The summed E-state index contributed by atoms with van der Waals surface area (Å²) in [6.45, 7) is -3.25. The average Bonchev–Trinajstić information content (AvgIpc) is 3.46. The van der Waals surface area contributed by atoms with E-state index < -0.39 is 13.7 Å². The number of aryl methyl sites for hydroxylation is 3. The van der Waals surface area contributed by atoms with Gasteiger partial charge in [-0.1, -0.05) is 36.4 Å². The monoisotopic (exact) mass is 433 g/mol. The van der Waals surface area contributed by atoms with Crippen molar-refractivity contribution in [3.8, 4) is 17.1 Å². The van der Waals surface area contributed by atoms with Crippen LogP contribution in [0.25, 0.3) is 61.0 Å². The first-order chi connectivity index (χ1) is 18.5. The van der Waals surface area contributed by atoms with Crippen molar-refractivity contribution in [2.24, 2.45) is 0 Å². The van der Waals surface area contributed by atoms with E-state index in [1.165, 1.54) is 6.07 Å². The summed E-state index contributed by atoms with van der Waals surface area (Å²) in [5, 5.41) is 2.26. The number of rotatable bonds is 2. The Morgan fingerprint density at radius 2 is 1.67 bits per heavy atom. The van der Waals surface area contributed by atoms with Crippen LogP contribution < -0.4 is 0 Å². The number of furan rings is 1. The largest absolute Gasteiger partial charge is 0.437 e. The van der Waals surface area contributed by atoms with E-state index in [0.29, 0.717) is 38.7 Å². The maximum atomic E-state index is 8.27. The molecule has 0 aliphatic heterocycles. The number of aromatic nitrogens is 3. The molecule has 0 aliphatic rings. The lowest BCUT2D eigenvalue weighted by atomic mass is 9.92. The molecule has 0 atom stereocenters. The van der Waals surface area contributed by atoms with Gasteiger partial charge in [-0.15, -0.1) is 0 Å². The van der Waals surface area contributed by atoms with Gasteiger partial charge in [-0.05, 0) is 78.9 Å². The molecule has 7 rings (SSSR count). The Morgan fingerprint density at radius 3 is 2.52 bits per heavy atom. The van der Waals surface area contributed by atoms with Crippen LogP contribution in [0.15, 0.2) is 77.2 Å². The van der Waals surface area contributed by atoms with E-state index in [2.05, 4.69) is 9.55 Å². The number of imidazole rings is 1. The number of para-hydroxylation sites is 3. The smallest absolute Gasteiger partial charge is 0.228 e. The second-order valence-electron chi connectivity index (χ2n) is 8.30. The molecule has 3 heterocycles. The standard InChI is InChI=1S/C29H21N3O/c1-16-15-22-18(3)17(2)20-13-14-21(27-25(20)26(22)29(30-16)33-27)28-31-23-11-7-8-12-24(23)32(28)19-9-5-4-6-10-19/h4-15H,1-3H3/i1D3,3D3. The molecule has 0 aliphatic carbocycles. The molecule has 0 N–H and O–H groups in total. The van der Waals surface area contributed by atoms with Crippen molar-refractivity contribution in [2.45, 2.75) is 20.6 Å². The topological polar surface area (TPSA) is 43.9 Å². The van der Waals surface area contributed by atoms with Crippen LogP contribution >= 0.6 is 0 Å². The predicted octanol–water partition coefficient (Wildman–Crippen LogP) is 7.50. The number of benzene rings is 4. The molecule has 4 aromatic carbocycles. The van der Waals surface area contributed by atoms with Gasteiger partial charge >= 0.3 is 0 Å². The van der Waals surface area contributed by atoms with E-state index in [9.17, 15) is 0 Å². The van der Waals surface area contributed by atoms with Crippen molar-refractivity contribution in [1.82, 2.24) is 14.5 Å². The summed E-state index contributed by atoms with van der Waals surface area (Å²) in [7, 11) is 0. The molecule has 0 radical (unpaired) electrons. The Hall–Kier alpha value is -4.18. The van der Waals surface area contributed by atoms with E-state index in [1.54, 1.807) is 6.92 Å². The molecule has 0 amide bonds. The third-order valence-corrected chi connectivity index (χ3v) is 6.46. The summed E-state index contributed by atoms with van der Waals surface area (Å²) in [5.74, 6) is 0.647. The van der Waals surface area contributed by atoms with Crippen molar-refractivity contribution >= 4 is 43.9 Å². The van der Waals surface area contributed by atoms with Crippen LogP contribution in [-0.4, -0.2) is 14.5 Å². The molecule has 3 aromatic heterocycles. The fraction of sp³-hybridized carbons (Fsp3) is 0.103. The van der Waals surface area contributed by atoms with Gasteiger partial charge in [0.1, 0.15) is 11.4 Å². The summed E-state index contributed by atoms with van der Waals surface area (Å²) in [6, 6.07) is 22.9. The molecule has 0 spiro atoms. The molecule has 0 bridgehead atoms. The first-order valence-corrected chi connectivity index (χ1v) is 10.7. The van der Waals surface area contributed by atoms with E-state index in [-0.39, 0.29) is 17.0 Å². The van der Waals surface area contributed by atoms with Crippen LogP contribution in [0, 0.1) is 20.6 Å². The van der Waals surface area contributed by atoms with Gasteiger partial charge in [-0.2, -0.15) is 0 Å². The lowest BCUT2D eigenvalue weighted by Crippen LogP contribution is -1.98. The van der Waals surface area contributed by atoms with Crippen LogP contribution in [0.3, 0.4) is 0 Å². The second kappa shape index (κ2) is 6.42. The van der Waals surface area contributed by atoms with E-state index in [0.717, 1.165) is 22.1 Å². The minimum atomic E-state index is -2.54. The normalized spacial score (nSPS) is 15.5. The molecule has 4 nitrogen and oxygen atoms in total. The van der Waals surface area contributed by atoms with Gasteiger partial charge in [0.2, 0.25) is 5.71 Å². The lowest BCUT2D eigenvalue weighted by molar-refractivity contribution is 0.653. The third kappa shape index (κ3) is 2.40. The van der Waals surface area contributed by atoms with E-state index >= 15 is 0 Å². The molecule has 0 saturated carbocycles. The molecule has 33 heavy (non-hydrogen) atoms. The van der Waals surface area contributed by atoms with Gasteiger partial charge in [0.15, 0.2) is 0 Å². The summed E-state index contributed by atoms with van der Waals surface area (Å²) in [5.41, 5.74) is 4.38. The zero-order valence-corrected chi connectivity index (χ0v) is 17.7. The van der Waals surface area contributed by atoms with E-state index in [4.69, 9.17) is 17.6 Å². The van der Waals surface area contributed by atoms with Crippen molar-refractivity contribution < 1.29 is 12.6 Å². The number of nitrogens with zero attached hydrogens (tertiary/aromatic N) is 3. The molecule has 0 saturated heterocycles. The second-order valence-corrected chi connectivity index (χ2v) is 8.30. The SMILES string of the molecule is [2H]C([2H])([2H])c1cc2c(C([2H])([2H])[2H])c(C)c3ccc(-c4nc5ccccc5n4-c4ccccc4)c4oc(n1)c2c34. The number of hydrogen-bond acceptors (Lipinski definition) is 3. The highest BCUT2D eigenvalue weighted by Gasteiger charge is 2.24. The Morgan fingerprint density at radius 1 is 0.818 bits per heavy atom. The third-order valence-electron chi connectivity index (χ3n) is 6.46. The lowest BCUT2D eigenvalue weighted by Gasteiger charge is -2.12. The van der Waals surface area contributed by atoms with Crippen molar-refractivity contribution in [3.05, 3.63) is 89.6 Å². The van der Waals surface area contributed by atoms with Crippen molar-refractivity contribution in [2.75, 3.05) is 0 Å². The van der Waals surface area contributed by atoms with E-state index in [1.807, 2.05) is 66.7 Å². The zero-order chi connectivity index (χ0) is 27.3. The minimum Gasteiger partial charge on any atom is -0.437 e. The van der Waals surface area contributed by atoms with Gasteiger partial charge in [-0.3, -0.25) is 4.57 Å². The Bertz CT molecular complexity index is 2050. The highest BCUT2D eigenvalue weighted by Crippen LogP contribution is 2.44. The molecular weight excluding hydrogens is 406 g/mol. The fourth-order valence-corrected chi connectivity index (χ4v) is 4.94. The molecular formula is C29H21N3O. The predicted molar refractivity (Wildman–Crippen MR) is 134 cm³/mol. The highest BCUT2D eigenvalue weighted by molar-refractivity contribution is 6.25. The molecule has 4 heteroatoms. The van der Waals surface area contributed by atoms with Crippen LogP contribution in [0.1, 0.15) is 25.0 Å². The first kappa shape index (κ1) is 13.4. The van der Waals surface area contributed by atoms with Gasteiger partial charge in [0.25, 0.3) is 0 Å². The van der Waals surface area contributed by atoms with Gasteiger partial charge in [0, 0.05) is 25.0 Å². The summed E-state index contributed by atoms with van der Waals surface area (Å²) in [6.07, 6.45) is 0. The summed E-state index contributed by atoms with van der Waals surface area (Å²) in [4.78, 5) is 9.33. The Labute approximate surface area is 198 Å². The zero-order valence-electron chi connectivity index (χ0n) is 23.7. The first-order valence-electron chi connectivity index (χ1n) is 13.7. The number of pyridine rings is 1. The fourth-order valence-electron chi connectivity index (χ4n) is 4.94. The van der Waals surface area contributed by atoms with Crippen molar-refractivity contribution in [3.63, 3.8) is 0 Å². The molecule has 0 unspecified atom stereocenters. The van der Waals surface area contributed by atoms with Crippen LogP contribution in [0.4, 0.5) is 0 Å². The van der Waals surface area contributed by atoms with Crippen LogP contribution in [0.5, 0.6) is 0 Å². The summed E-state index contributed by atoms with van der Waals surface area (Å²) >= 11 is 0. The van der Waals surface area contributed by atoms with Crippen LogP contribution in [0.2, 0.25) is 0 Å². The number of hydrogen-bond donors (Lipinski definition) is 0. The maximum Gasteiger partial charge on any atom is 0.228 e. The molecule has 7 aromatic rings. The maximum absolute atomic E-state index is 8.27. The van der Waals surface area contributed by atoms with Crippen LogP contribution in [-0.2, 0) is 0 Å². The summed E-state index contributed by atoms with van der Waals surface area (Å²) < 4.78 is 57.1. The highest BCUT2D eigenvalue weighted by atomic mass is 16.3. The molecule has 0 fully saturated rings. The Balaban J connectivity index is 1.65. The van der Waals surface area contributed by atoms with Crippen molar-refractivity contribution in [1.29, 1.82) is 0 Å². The minimum absolute atomic E-state index is 0.0962. The van der Waals surface area contributed by atoms with Gasteiger partial charge < -0.3 is 4.42 Å². The number of fused-ring (bicyclic) bond motifs is 1. The van der Waals surface area contributed by atoms with Gasteiger partial charge in [0.05, 0.1) is 22.0 Å². The van der Waals surface area contributed by atoms with Gasteiger partial charge in [-0.25, -0.2) is 9.97 Å². The Kier molecular flexibility index (Phi) is 2.61.